The lowest BCUT2D eigenvalue weighted by Gasteiger charge is -2.18. The lowest BCUT2D eigenvalue weighted by molar-refractivity contribution is 0.780. The van der Waals surface area contributed by atoms with Crippen LogP contribution < -0.4 is 15.5 Å². The smallest absolute Gasteiger partial charge is 0.191 e. The van der Waals surface area contributed by atoms with Crippen molar-refractivity contribution in [1.29, 1.82) is 0 Å². The van der Waals surface area contributed by atoms with Crippen molar-refractivity contribution in [2.75, 3.05) is 25.0 Å². The SMILES string of the molecule is CN=C(NCc1ccnc(N2CCCC2)c1)NCc1ccccc1-n1nc(C)cc1C.I. The number of pyridine rings is 1. The molecule has 0 atom stereocenters. The molecule has 0 bridgehead atoms. The molecule has 4 rings (SSSR count). The normalized spacial score (nSPS) is 13.7. The molecule has 32 heavy (non-hydrogen) atoms. The van der Waals surface area contributed by atoms with E-state index in [9.17, 15) is 0 Å². The van der Waals surface area contributed by atoms with Gasteiger partial charge in [-0.25, -0.2) is 9.67 Å². The molecule has 1 aliphatic heterocycles. The Kier molecular flexibility index (Phi) is 8.49. The molecule has 0 aliphatic carbocycles. The predicted octanol–water partition coefficient (Wildman–Crippen LogP) is 3.97. The maximum atomic E-state index is 4.64. The van der Waals surface area contributed by atoms with Gasteiger partial charge in [-0.3, -0.25) is 4.99 Å². The van der Waals surface area contributed by atoms with Crippen LogP contribution in [0, 0.1) is 13.8 Å². The zero-order valence-corrected chi connectivity index (χ0v) is 21.3. The summed E-state index contributed by atoms with van der Waals surface area (Å²) in [5, 5.41) is 11.5. The second-order valence-corrected chi connectivity index (χ2v) is 7.96. The number of aryl methyl sites for hydroxylation is 2. The Morgan fingerprint density at radius 1 is 1.03 bits per heavy atom. The van der Waals surface area contributed by atoms with Crippen molar-refractivity contribution in [3.8, 4) is 5.69 Å². The van der Waals surface area contributed by atoms with Crippen LogP contribution >= 0.6 is 24.0 Å². The van der Waals surface area contributed by atoms with Crippen molar-refractivity contribution in [3.63, 3.8) is 0 Å². The van der Waals surface area contributed by atoms with Crippen LogP contribution in [0.4, 0.5) is 5.82 Å². The fourth-order valence-electron chi connectivity index (χ4n) is 4.01. The molecule has 0 spiro atoms. The second-order valence-electron chi connectivity index (χ2n) is 7.96. The van der Waals surface area contributed by atoms with Gasteiger partial charge < -0.3 is 15.5 Å². The van der Waals surface area contributed by atoms with E-state index in [-0.39, 0.29) is 24.0 Å². The van der Waals surface area contributed by atoms with E-state index in [1.807, 2.05) is 23.9 Å². The molecule has 0 unspecified atom stereocenters. The largest absolute Gasteiger partial charge is 0.357 e. The maximum absolute atomic E-state index is 4.64. The number of para-hydroxylation sites is 1. The van der Waals surface area contributed by atoms with Gasteiger partial charge in [0.1, 0.15) is 5.82 Å². The third kappa shape index (κ3) is 5.79. The van der Waals surface area contributed by atoms with E-state index in [1.54, 1.807) is 7.05 Å². The van der Waals surface area contributed by atoms with Crippen molar-refractivity contribution in [1.82, 2.24) is 25.4 Å². The Morgan fingerprint density at radius 2 is 1.78 bits per heavy atom. The van der Waals surface area contributed by atoms with Crippen LogP contribution in [0.2, 0.25) is 0 Å². The molecule has 7 nitrogen and oxygen atoms in total. The lowest BCUT2D eigenvalue weighted by Crippen LogP contribution is -2.36. The first-order chi connectivity index (χ1) is 15.1. The highest BCUT2D eigenvalue weighted by Crippen LogP contribution is 2.19. The Hall–Kier alpha value is -2.62. The van der Waals surface area contributed by atoms with Gasteiger partial charge in [0, 0.05) is 45.1 Å². The Balaban J connectivity index is 0.00000289. The van der Waals surface area contributed by atoms with Crippen LogP contribution in [0.1, 0.15) is 35.4 Å². The Morgan fingerprint density at radius 3 is 2.50 bits per heavy atom. The summed E-state index contributed by atoms with van der Waals surface area (Å²) in [4.78, 5) is 11.3. The van der Waals surface area contributed by atoms with Crippen molar-refractivity contribution < 1.29 is 0 Å². The molecular weight excluding hydrogens is 513 g/mol. The number of aromatic nitrogens is 3. The minimum absolute atomic E-state index is 0. The van der Waals surface area contributed by atoms with E-state index >= 15 is 0 Å². The lowest BCUT2D eigenvalue weighted by atomic mass is 10.1. The van der Waals surface area contributed by atoms with Crippen molar-refractivity contribution in [3.05, 3.63) is 71.2 Å². The number of hydrogen-bond donors (Lipinski definition) is 2. The molecule has 170 valence electrons. The number of nitrogens with one attached hydrogen (secondary N) is 2. The number of benzene rings is 1. The van der Waals surface area contributed by atoms with Gasteiger partial charge in [-0.2, -0.15) is 5.10 Å². The number of anilines is 1. The number of hydrogen-bond acceptors (Lipinski definition) is 4. The first-order valence-corrected chi connectivity index (χ1v) is 10.9. The zero-order chi connectivity index (χ0) is 21.6. The summed E-state index contributed by atoms with van der Waals surface area (Å²) in [5.41, 5.74) is 5.59. The van der Waals surface area contributed by atoms with Gasteiger partial charge in [-0.05, 0) is 62.1 Å². The molecule has 1 fully saturated rings. The maximum Gasteiger partial charge on any atom is 0.191 e. The van der Waals surface area contributed by atoms with Crippen LogP contribution in [0.5, 0.6) is 0 Å². The van der Waals surface area contributed by atoms with Crippen molar-refractivity contribution in [2.45, 2.75) is 39.8 Å². The molecule has 0 radical (unpaired) electrons. The highest BCUT2D eigenvalue weighted by molar-refractivity contribution is 14.0. The Labute approximate surface area is 207 Å². The van der Waals surface area contributed by atoms with E-state index in [4.69, 9.17) is 0 Å². The topological polar surface area (TPSA) is 70.4 Å². The Bertz CT molecular complexity index is 1050. The summed E-state index contributed by atoms with van der Waals surface area (Å²) >= 11 is 0. The number of nitrogens with zero attached hydrogens (tertiary/aromatic N) is 5. The summed E-state index contributed by atoms with van der Waals surface area (Å²) in [6.45, 7) is 7.65. The van der Waals surface area contributed by atoms with Crippen LogP contribution in [0.15, 0.2) is 53.7 Å². The fraction of sp³-hybridized carbons (Fsp3) is 0.375. The second kappa shape index (κ2) is 11.3. The average Bonchev–Trinajstić information content (AvgIpc) is 3.44. The van der Waals surface area contributed by atoms with E-state index in [0.29, 0.717) is 13.1 Å². The van der Waals surface area contributed by atoms with Crippen LogP contribution in [0.25, 0.3) is 5.69 Å². The molecule has 1 aromatic carbocycles. The molecule has 3 heterocycles. The summed E-state index contributed by atoms with van der Waals surface area (Å²) in [6.07, 6.45) is 4.39. The highest BCUT2D eigenvalue weighted by atomic mass is 127. The molecule has 8 heteroatoms. The quantitative estimate of drug-likeness (QED) is 0.279. The van der Waals surface area contributed by atoms with Gasteiger partial charge in [0.2, 0.25) is 0 Å². The van der Waals surface area contributed by atoms with Gasteiger partial charge in [-0.1, -0.05) is 18.2 Å². The number of rotatable bonds is 6. The van der Waals surface area contributed by atoms with E-state index in [1.165, 1.54) is 18.4 Å². The summed E-state index contributed by atoms with van der Waals surface area (Å²) in [5.74, 6) is 1.83. The van der Waals surface area contributed by atoms with Gasteiger partial charge in [0.15, 0.2) is 5.96 Å². The van der Waals surface area contributed by atoms with Crippen LogP contribution in [-0.2, 0) is 13.1 Å². The molecule has 1 saturated heterocycles. The van der Waals surface area contributed by atoms with Gasteiger partial charge in [0.25, 0.3) is 0 Å². The third-order valence-electron chi connectivity index (χ3n) is 5.60. The average molecular weight is 545 g/mol. The zero-order valence-electron chi connectivity index (χ0n) is 19.0. The van der Waals surface area contributed by atoms with Gasteiger partial charge in [0.05, 0.1) is 11.4 Å². The van der Waals surface area contributed by atoms with Gasteiger partial charge >= 0.3 is 0 Å². The first kappa shape index (κ1) is 24.0. The first-order valence-electron chi connectivity index (χ1n) is 10.9. The van der Waals surface area contributed by atoms with Crippen LogP contribution in [0.3, 0.4) is 0 Å². The highest BCUT2D eigenvalue weighted by Gasteiger charge is 2.14. The standard InChI is InChI=1S/C24H31N7.HI/c1-18-14-19(2)31(29-18)22-9-5-4-8-21(22)17-28-24(25-3)27-16-20-10-11-26-23(15-20)30-12-6-7-13-30;/h4-5,8-11,14-15H,6-7,12-13,16-17H2,1-3H3,(H2,25,27,28);1H. The summed E-state index contributed by atoms with van der Waals surface area (Å²) < 4.78 is 2.00. The molecule has 0 saturated carbocycles. The van der Waals surface area contributed by atoms with E-state index in [2.05, 4.69) is 73.9 Å². The number of aliphatic imine (C=N–C) groups is 1. The monoisotopic (exact) mass is 545 g/mol. The molecule has 2 N–H and O–H groups in total. The predicted molar refractivity (Wildman–Crippen MR) is 141 cm³/mol. The van der Waals surface area contributed by atoms with Crippen molar-refractivity contribution >= 4 is 35.8 Å². The summed E-state index contributed by atoms with van der Waals surface area (Å²) in [7, 11) is 1.80. The third-order valence-corrected chi connectivity index (χ3v) is 5.60. The molecule has 0 amide bonds. The van der Waals surface area contributed by atoms with Crippen LogP contribution in [-0.4, -0.2) is 40.9 Å². The molecule has 1 aliphatic rings. The minimum Gasteiger partial charge on any atom is -0.357 e. The minimum atomic E-state index is 0. The molecular formula is C24H32IN7. The molecule has 2 aromatic heterocycles. The number of halogens is 1. The van der Waals surface area contributed by atoms with Crippen molar-refractivity contribution in [2.24, 2.45) is 4.99 Å². The number of guanidine groups is 1. The fourth-order valence-corrected chi connectivity index (χ4v) is 4.01. The van der Waals surface area contributed by atoms with E-state index in [0.717, 1.165) is 47.5 Å². The molecule has 3 aromatic rings. The summed E-state index contributed by atoms with van der Waals surface area (Å²) in [6, 6.07) is 14.6. The van der Waals surface area contributed by atoms with Gasteiger partial charge in [-0.15, -0.1) is 24.0 Å². The van der Waals surface area contributed by atoms with E-state index < -0.39 is 0 Å².